The normalized spacial score (nSPS) is 12.9. The first kappa shape index (κ1) is 54.3. The highest BCUT2D eigenvalue weighted by Crippen LogP contribution is 2.11. The Morgan fingerprint density at radius 1 is 0.362 bits per heavy atom. The van der Waals surface area contributed by atoms with Gasteiger partial charge in [0.1, 0.15) is 13.2 Å². The minimum Gasteiger partial charge on any atom is -0.462 e. The molecule has 0 aromatic heterocycles. The van der Waals surface area contributed by atoms with Crippen molar-refractivity contribution >= 4 is 17.9 Å². The van der Waals surface area contributed by atoms with Gasteiger partial charge in [0.25, 0.3) is 0 Å². The fraction of sp³-hybridized carbons (Fsp3) is 0.635. The van der Waals surface area contributed by atoms with Gasteiger partial charge in [-0.3, -0.25) is 14.4 Å². The second kappa shape index (κ2) is 46.0. The van der Waals surface area contributed by atoms with E-state index in [2.05, 4.69) is 118 Å². The standard InChI is InChI=1S/C52H84O6/c1-4-7-10-13-16-19-22-24-25-26-28-30-33-36-39-42-45-51(54)57-48-49(47-56-50(53)44-41-38-35-32-29-21-18-15-12-9-6-3)58-52(55)46-43-40-37-34-31-27-23-20-17-14-11-8-5-2/h7,9-10,12,16,18-19,21,24-25,27-28,30-32,35,49H,4-6,8,11,13-15,17,20,22-23,26,29,33-34,36-48H2,1-3H3/b10-7-,12-9-,19-16-,21-18-,25-24-,30-28-,31-27-,35-32-. The molecule has 6 heteroatoms. The molecule has 0 aliphatic heterocycles. The van der Waals surface area contributed by atoms with Gasteiger partial charge in [-0.25, -0.2) is 0 Å². The van der Waals surface area contributed by atoms with Gasteiger partial charge in [0.15, 0.2) is 6.10 Å². The third-order valence-corrected chi connectivity index (χ3v) is 9.30. The molecule has 0 aliphatic carbocycles. The summed E-state index contributed by atoms with van der Waals surface area (Å²) < 4.78 is 16.6. The summed E-state index contributed by atoms with van der Waals surface area (Å²) in [4.78, 5) is 37.7. The van der Waals surface area contributed by atoms with Crippen molar-refractivity contribution in [1.82, 2.24) is 0 Å². The number of allylic oxidation sites excluding steroid dienone is 16. The predicted octanol–water partition coefficient (Wildman–Crippen LogP) is 15.0. The maximum atomic E-state index is 12.7. The molecule has 0 spiro atoms. The third kappa shape index (κ3) is 43.5. The maximum absolute atomic E-state index is 12.7. The molecule has 0 fully saturated rings. The van der Waals surface area contributed by atoms with Crippen LogP contribution in [0.1, 0.15) is 194 Å². The van der Waals surface area contributed by atoms with Crippen LogP contribution in [0.2, 0.25) is 0 Å². The van der Waals surface area contributed by atoms with Crippen LogP contribution >= 0.6 is 0 Å². The summed E-state index contributed by atoms with van der Waals surface area (Å²) in [6, 6.07) is 0. The molecular weight excluding hydrogens is 721 g/mol. The molecule has 0 saturated heterocycles. The van der Waals surface area contributed by atoms with Gasteiger partial charge in [0.2, 0.25) is 0 Å². The van der Waals surface area contributed by atoms with Gasteiger partial charge in [-0.05, 0) is 109 Å². The van der Waals surface area contributed by atoms with Crippen LogP contribution in [0.15, 0.2) is 97.2 Å². The van der Waals surface area contributed by atoms with E-state index in [-0.39, 0.29) is 44.0 Å². The van der Waals surface area contributed by atoms with E-state index in [1.807, 2.05) is 0 Å². The van der Waals surface area contributed by atoms with Crippen LogP contribution < -0.4 is 0 Å². The Kier molecular flexibility index (Phi) is 43.1. The summed E-state index contributed by atoms with van der Waals surface area (Å²) in [7, 11) is 0. The van der Waals surface area contributed by atoms with Gasteiger partial charge in [-0.2, -0.15) is 0 Å². The van der Waals surface area contributed by atoms with Crippen LogP contribution in [-0.4, -0.2) is 37.2 Å². The Morgan fingerprint density at radius 2 is 0.690 bits per heavy atom. The molecule has 0 radical (unpaired) electrons. The average molecular weight is 805 g/mol. The minimum atomic E-state index is -0.817. The first-order chi connectivity index (χ1) is 28.5. The van der Waals surface area contributed by atoms with E-state index in [0.717, 1.165) is 109 Å². The van der Waals surface area contributed by atoms with Gasteiger partial charge < -0.3 is 14.2 Å². The lowest BCUT2D eigenvalue weighted by molar-refractivity contribution is -0.167. The van der Waals surface area contributed by atoms with Crippen molar-refractivity contribution in [3.05, 3.63) is 97.2 Å². The number of carbonyl (C=O) groups excluding carboxylic acids is 3. The summed E-state index contributed by atoms with van der Waals surface area (Å²) in [5.74, 6) is -1.03. The zero-order chi connectivity index (χ0) is 42.3. The van der Waals surface area contributed by atoms with E-state index in [1.54, 1.807) is 0 Å². The number of hydrogen-bond donors (Lipinski definition) is 0. The van der Waals surface area contributed by atoms with E-state index in [1.165, 1.54) is 38.5 Å². The first-order valence-corrected chi connectivity index (χ1v) is 23.2. The summed E-state index contributed by atoms with van der Waals surface area (Å²) in [5, 5.41) is 0. The summed E-state index contributed by atoms with van der Waals surface area (Å²) in [5.41, 5.74) is 0. The second-order valence-corrected chi connectivity index (χ2v) is 14.9. The Balaban J connectivity index is 4.52. The fourth-order valence-corrected chi connectivity index (χ4v) is 5.86. The van der Waals surface area contributed by atoms with Crippen molar-refractivity contribution in [1.29, 1.82) is 0 Å². The number of carbonyl (C=O) groups is 3. The molecule has 0 N–H and O–H groups in total. The van der Waals surface area contributed by atoms with Crippen molar-refractivity contribution in [2.45, 2.75) is 200 Å². The molecule has 0 amide bonds. The Labute approximate surface area is 356 Å². The molecule has 0 aromatic carbocycles. The zero-order valence-electron chi connectivity index (χ0n) is 37.3. The minimum absolute atomic E-state index is 0.117. The summed E-state index contributed by atoms with van der Waals surface area (Å²) in [6.07, 6.45) is 59.7. The second-order valence-electron chi connectivity index (χ2n) is 14.9. The highest BCUT2D eigenvalue weighted by atomic mass is 16.6. The summed E-state index contributed by atoms with van der Waals surface area (Å²) >= 11 is 0. The van der Waals surface area contributed by atoms with Gasteiger partial charge in [0.05, 0.1) is 0 Å². The van der Waals surface area contributed by atoms with Crippen molar-refractivity contribution < 1.29 is 28.6 Å². The SMILES string of the molecule is CC/C=C\C/C=C\C/C=C\C/C=C\CCCCCC(=O)OCC(COC(=O)CCC/C=C\C/C=C\C/C=C\CC)OC(=O)CCCCC/C=C\CCCCCCCC. The fourth-order valence-electron chi connectivity index (χ4n) is 5.86. The van der Waals surface area contributed by atoms with Gasteiger partial charge in [-0.1, -0.05) is 163 Å². The number of esters is 3. The van der Waals surface area contributed by atoms with Crippen LogP contribution in [0, 0.1) is 0 Å². The van der Waals surface area contributed by atoms with Crippen LogP contribution in [0.4, 0.5) is 0 Å². The number of rotatable bonds is 40. The van der Waals surface area contributed by atoms with E-state index in [0.29, 0.717) is 12.8 Å². The largest absolute Gasteiger partial charge is 0.462 e. The van der Waals surface area contributed by atoms with Crippen LogP contribution in [0.5, 0.6) is 0 Å². The van der Waals surface area contributed by atoms with Gasteiger partial charge in [-0.15, -0.1) is 0 Å². The molecule has 58 heavy (non-hydrogen) atoms. The van der Waals surface area contributed by atoms with Crippen molar-refractivity contribution in [3.63, 3.8) is 0 Å². The monoisotopic (exact) mass is 805 g/mol. The van der Waals surface area contributed by atoms with Crippen molar-refractivity contribution in [2.75, 3.05) is 13.2 Å². The lowest BCUT2D eigenvalue weighted by atomic mass is 10.1. The Morgan fingerprint density at radius 3 is 1.14 bits per heavy atom. The first-order valence-electron chi connectivity index (χ1n) is 23.2. The number of unbranched alkanes of at least 4 members (excludes halogenated alkanes) is 13. The molecule has 0 heterocycles. The smallest absolute Gasteiger partial charge is 0.306 e. The van der Waals surface area contributed by atoms with Crippen LogP contribution in [0.25, 0.3) is 0 Å². The maximum Gasteiger partial charge on any atom is 0.306 e. The summed E-state index contributed by atoms with van der Waals surface area (Å²) in [6.45, 7) is 6.28. The highest BCUT2D eigenvalue weighted by molar-refractivity contribution is 5.71. The van der Waals surface area contributed by atoms with Crippen LogP contribution in [0.3, 0.4) is 0 Å². The topological polar surface area (TPSA) is 78.9 Å². The molecule has 1 atom stereocenters. The number of ether oxygens (including phenoxy) is 3. The van der Waals surface area contributed by atoms with E-state index in [9.17, 15) is 14.4 Å². The predicted molar refractivity (Wildman–Crippen MR) is 247 cm³/mol. The van der Waals surface area contributed by atoms with Gasteiger partial charge >= 0.3 is 17.9 Å². The molecule has 0 rings (SSSR count). The van der Waals surface area contributed by atoms with Crippen LogP contribution in [-0.2, 0) is 28.6 Å². The van der Waals surface area contributed by atoms with E-state index < -0.39 is 6.10 Å². The molecule has 0 aromatic rings. The molecule has 328 valence electrons. The van der Waals surface area contributed by atoms with Gasteiger partial charge in [0, 0.05) is 19.3 Å². The van der Waals surface area contributed by atoms with Crippen molar-refractivity contribution in [2.24, 2.45) is 0 Å². The molecule has 1 unspecified atom stereocenters. The molecule has 0 bridgehead atoms. The highest BCUT2D eigenvalue weighted by Gasteiger charge is 2.19. The molecule has 0 saturated carbocycles. The third-order valence-electron chi connectivity index (χ3n) is 9.30. The Bertz CT molecular complexity index is 1200. The van der Waals surface area contributed by atoms with Crippen molar-refractivity contribution in [3.8, 4) is 0 Å². The lowest BCUT2D eigenvalue weighted by Gasteiger charge is -2.18. The zero-order valence-corrected chi connectivity index (χ0v) is 37.3. The lowest BCUT2D eigenvalue weighted by Crippen LogP contribution is -2.30. The molecule has 0 aliphatic rings. The molecular formula is C52H84O6. The average Bonchev–Trinajstić information content (AvgIpc) is 3.22. The van der Waals surface area contributed by atoms with E-state index >= 15 is 0 Å². The molecule has 6 nitrogen and oxygen atoms in total. The van der Waals surface area contributed by atoms with E-state index in [4.69, 9.17) is 14.2 Å². The quantitative estimate of drug-likeness (QED) is 0.0266. The Hall–Kier alpha value is -3.67. The number of hydrogen-bond acceptors (Lipinski definition) is 6.